The van der Waals surface area contributed by atoms with Crippen LogP contribution in [0.5, 0.6) is 0 Å². The lowest BCUT2D eigenvalue weighted by atomic mass is 9.63. The van der Waals surface area contributed by atoms with Crippen molar-refractivity contribution in [3.63, 3.8) is 0 Å². The molecule has 3 N–H and O–H groups in total. The smallest absolute Gasteiger partial charge is 0.262 e. The number of carbonyl (C=O) groups is 4. The molecule has 1 aromatic carbocycles. The van der Waals surface area contributed by atoms with E-state index in [0.717, 1.165) is 29.8 Å². The summed E-state index contributed by atoms with van der Waals surface area (Å²) >= 11 is 0. The minimum Gasteiger partial charge on any atom is -0.329 e. The Morgan fingerprint density at radius 3 is 2.55 bits per heavy atom. The monoisotopic (exact) mass is 396 g/mol. The Kier molecular flexibility index (Phi) is 3.79. The van der Waals surface area contributed by atoms with Crippen molar-refractivity contribution in [2.75, 3.05) is 13.1 Å². The Bertz CT molecular complexity index is 965. The number of hydrogen-bond donors (Lipinski definition) is 2. The highest BCUT2D eigenvalue weighted by Gasteiger charge is 2.61. The van der Waals surface area contributed by atoms with Crippen LogP contribution in [0, 0.1) is 5.41 Å². The number of nitrogens with one attached hydrogen (secondary N) is 1. The predicted molar refractivity (Wildman–Crippen MR) is 103 cm³/mol. The van der Waals surface area contributed by atoms with Crippen molar-refractivity contribution in [2.24, 2.45) is 11.1 Å². The van der Waals surface area contributed by atoms with E-state index in [1.165, 1.54) is 0 Å². The number of benzene rings is 1. The zero-order valence-corrected chi connectivity index (χ0v) is 16.4. The normalized spacial score (nSPS) is 33.7. The number of rotatable bonds is 4. The molecule has 1 saturated carbocycles. The second-order valence-electron chi connectivity index (χ2n) is 9.28. The lowest BCUT2D eigenvalue weighted by Crippen LogP contribution is -2.54. The summed E-state index contributed by atoms with van der Waals surface area (Å²) in [5, 5.41) is 2.21. The molecule has 8 heteroatoms. The fraction of sp³-hybridized carbons (Fsp3) is 0.524. The van der Waals surface area contributed by atoms with Crippen LogP contribution >= 0.6 is 0 Å². The van der Waals surface area contributed by atoms with Crippen molar-refractivity contribution in [3.05, 3.63) is 34.9 Å². The van der Waals surface area contributed by atoms with Gasteiger partial charge in [-0.2, -0.15) is 0 Å². The van der Waals surface area contributed by atoms with Gasteiger partial charge in [0, 0.05) is 31.6 Å². The third-order valence-corrected chi connectivity index (χ3v) is 7.01. The van der Waals surface area contributed by atoms with Crippen molar-refractivity contribution in [3.8, 4) is 0 Å². The number of amides is 4. The van der Waals surface area contributed by atoms with Crippen LogP contribution in [-0.2, 0) is 16.1 Å². The van der Waals surface area contributed by atoms with Gasteiger partial charge in [0.15, 0.2) is 0 Å². The van der Waals surface area contributed by atoms with Crippen molar-refractivity contribution in [1.82, 2.24) is 15.1 Å². The van der Waals surface area contributed by atoms with Crippen LogP contribution in [0.2, 0.25) is 0 Å². The SMILES string of the molecule is CC12CN(Cc3ccc4c(c3)C(=O)N(C3CCC(=O)NC3=O)C4=O)C(CN)(C1)C2. The van der Waals surface area contributed by atoms with Crippen LogP contribution in [0.3, 0.4) is 0 Å². The van der Waals surface area contributed by atoms with Crippen LogP contribution in [0.4, 0.5) is 0 Å². The highest BCUT2D eigenvalue weighted by molar-refractivity contribution is 6.23. The third-order valence-electron chi connectivity index (χ3n) is 7.01. The summed E-state index contributed by atoms with van der Waals surface area (Å²) in [5.74, 6) is -1.91. The Hall–Kier alpha value is -2.58. The quantitative estimate of drug-likeness (QED) is 0.713. The van der Waals surface area contributed by atoms with E-state index in [4.69, 9.17) is 5.73 Å². The van der Waals surface area contributed by atoms with Gasteiger partial charge in [0.05, 0.1) is 11.1 Å². The molecule has 1 unspecified atom stereocenters. The van der Waals surface area contributed by atoms with Gasteiger partial charge in [-0.05, 0) is 42.4 Å². The Morgan fingerprint density at radius 2 is 1.86 bits per heavy atom. The molecule has 0 radical (unpaired) electrons. The maximum atomic E-state index is 13.0. The van der Waals surface area contributed by atoms with Crippen LogP contribution in [0.1, 0.15) is 58.9 Å². The first-order valence-corrected chi connectivity index (χ1v) is 10.0. The summed E-state index contributed by atoms with van der Waals surface area (Å²) in [6.45, 7) is 4.56. The lowest BCUT2D eigenvalue weighted by molar-refractivity contribution is -0.136. The molecule has 4 aliphatic heterocycles. The minimum atomic E-state index is -0.935. The van der Waals surface area contributed by atoms with Crippen LogP contribution in [0.25, 0.3) is 0 Å². The molecule has 1 aliphatic carbocycles. The second-order valence-corrected chi connectivity index (χ2v) is 9.28. The van der Waals surface area contributed by atoms with Gasteiger partial charge in [-0.1, -0.05) is 13.0 Å². The summed E-state index contributed by atoms with van der Waals surface area (Å²) < 4.78 is 0. The van der Waals surface area contributed by atoms with Crippen LogP contribution < -0.4 is 11.1 Å². The molecule has 4 amide bonds. The van der Waals surface area contributed by atoms with E-state index in [1.54, 1.807) is 12.1 Å². The number of imide groups is 2. The van der Waals surface area contributed by atoms with E-state index in [9.17, 15) is 19.2 Å². The molecule has 0 spiro atoms. The van der Waals surface area contributed by atoms with Gasteiger partial charge in [0.25, 0.3) is 11.8 Å². The first-order chi connectivity index (χ1) is 13.8. The Balaban J connectivity index is 1.39. The van der Waals surface area contributed by atoms with Crippen molar-refractivity contribution in [2.45, 2.75) is 50.7 Å². The lowest BCUT2D eigenvalue weighted by Gasteiger charge is -2.46. The van der Waals surface area contributed by atoms with E-state index < -0.39 is 23.8 Å². The van der Waals surface area contributed by atoms with E-state index >= 15 is 0 Å². The molecule has 8 nitrogen and oxygen atoms in total. The average Bonchev–Trinajstić information content (AvgIpc) is 3.18. The maximum Gasteiger partial charge on any atom is 0.262 e. The van der Waals surface area contributed by atoms with E-state index in [1.807, 2.05) is 6.07 Å². The van der Waals surface area contributed by atoms with Crippen LogP contribution in [-0.4, -0.2) is 58.1 Å². The first kappa shape index (κ1) is 18.4. The second kappa shape index (κ2) is 5.96. The van der Waals surface area contributed by atoms with Gasteiger partial charge in [0.1, 0.15) is 6.04 Å². The minimum absolute atomic E-state index is 0.0480. The Morgan fingerprint density at radius 1 is 1.14 bits per heavy atom. The molecule has 1 atom stereocenters. The number of fused-ring (bicyclic) bond motifs is 2. The molecule has 1 aromatic rings. The Labute approximate surface area is 168 Å². The predicted octanol–water partition coefficient (Wildman–Crippen LogP) is 0.401. The summed E-state index contributed by atoms with van der Waals surface area (Å²) in [4.78, 5) is 52.7. The molecule has 3 saturated heterocycles. The third kappa shape index (κ3) is 2.59. The number of hydrogen-bond acceptors (Lipinski definition) is 6. The largest absolute Gasteiger partial charge is 0.329 e. The molecule has 29 heavy (non-hydrogen) atoms. The molecule has 4 fully saturated rings. The first-order valence-electron chi connectivity index (χ1n) is 10.0. The van der Waals surface area contributed by atoms with Crippen molar-refractivity contribution in [1.29, 1.82) is 0 Å². The zero-order chi connectivity index (χ0) is 20.6. The fourth-order valence-electron chi connectivity index (χ4n) is 5.83. The molecule has 0 aromatic heterocycles. The number of piperidine rings is 1. The fourth-order valence-corrected chi connectivity index (χ4v) is 5.83. The van der Waals surface area contributed by atoms with Crippen molar-refractivity contribution < 1.29 is 19.2 Å². The van der Waals surface area contributed by atoms with Crippen molar-refractivity contribution >= 4 is 23.6 Å². The van der Waals surface area contributed by atoms with E-state index in [0.29, 0.717) is 29.6 Å². The average molecular weight is 396 g/mol. The topological polar surface area (TPSA) is 113 Å². The van der Waals surface area contributed by atoms with Gasteiger partial charge in [-0.15, -0.1) is 0 Å². The number of nitrogens with two attached hydrogens (primary N) is 1. The van der Waals surface area contributed by atoms with E-state index in [2.05, 4.69) is 17.1 Å². The highest BCUT2D eigenvalue weighted by atomic mass is 16.2. The maximum absolute atomic E-state index is 13.0. The van der Waals surface area contributed by atoms with Crippen LogP contribution in [0.15, 0.2) is 18.2 Å². The molecule has 6 rings (SSSR count). The van der Waals surface area contributed by atoms with Gasteiger partial charge >= 0.3 is 0 Å². The molecule has 4 heterocycles. The van der Waals surface area contributed by atoms with E-state index in [-0.39, 0.29) is 24.3 Å². The molecular formula is C21H24N4O4. The number of nitrogens with zero attached hydrogens (tertiary/aromatic N) is 2. The summed E-state index contributed by atoms with van der Waals surface area (Å²) in [7, 11) is 0. The molecular weight excluding hydrogens is 372 g/mol. The standard InChI is InChI=1S/C21H24N4O4/c1-20-8-21(9-20,10-22)24(11-20)7-12-2-3-13-14(6-12)19(29)25(18(13)28)15-4-5-16(26)23-17(15)27/h2-3,6,15H,4-5,7-11,22H2,1H3,(H,23,26,27). The summed E-state index contributed by atoms with van der Waals surface area (Å²) in [5.41, 5.74) is 8.03. The van der Waals surface area contributed by atoms with Gasteiger partial charge in [0.2, 0.25) is 11.8 Å². The zero-order valence-electron chi connectivity index (χ0n) is 16.4. The van der Waals surface area contributed by atoms with Gasteiger partial charge < -0.3 is 5.73 Å². The molecule has 2 bridgehead atoms. The van der Waals surface area contributed by atoms with Gasteiger partial charge in [-0.25, -0.2) is 0 Å². The molecule has 152 valence electrons. The molecule has 5 aliphatic rings. The summed E-state index contributed by atoms with van der Waals surface area (Å²) in [6.07, 6.45) is 2.47. The number of carbonyl (C=O) groups excluding carboxylic acids is 4. The highest BCUT2D eigenvalue weighted by Crippen LogP contribution is 2.58. The summed E-state index contributed by atoms with van der Waals surface area (Å²) in [6, 6.07) is 4.38. The van der Waals surface area contributed by atoms with Gasteiger partial charge in [-0.3, -0.25) is 34.3 Å².